The van der Waals surface area contributed by atoms with Crippen LogP contribution in [0.2, 0.25) is 0 Å². The molecule has 0 fully saturated rings. The van der Waals surface area contributed by atoms with E-state index in [9.17, 15) is 13.2 Å². The van der Waals surface area contributed by atoms with Gasteiger partial charge in [-0.2, -0.15) is 0 Å². The second-order valence-corrected chi connectivity index (χ2v) is 5.68. The van der Waals surface area contributed by atoms with E-state index in [1.165, 1.54) is 48.4 Å². The monoisotopic (exact) mass is 371 g/mol. The van der Waals surface area contributed by atoms with Gasteiger partial charge in [-0.15, -0.1) is 13.2 Å². The number of hydrogen-bond acceptors (Lipinski definition) is 7. The molecule has 25 heavy (non-hydrogen) atoms. The zero-order chi connectivity index (χ0) is 17.9. The van der Waals surface area contributed by atoms with Crippen molar-refractivity contribution in [3.63, 3.8) is 0 Å². The van der Waals surface area contributed by atoms with Gasteiger partial charge in [0.15, 0.2) is 17.0 Å². The van der Waals surface area contributed by atoms with E-state index in [0.29, 0.717) is 28.8 Å². The molecule has 2 heterocycles. The van der Waals surface area contributed by atoms with E-state index in [-0.39, 0.29) is 5.75 Å². The number of hydrogen-bond donors (Lipinski definition) is 0. The molecule has 0 bridgehead atoms. The van der Waals surface area contributed by atoms with E-state index in [4.69, 9.17) is 9.57 Å². The summed E-state index contributed by atoms with van der Waals surface area (Å²) in [4.78, 5) is 13.4. The summed E-state index contributed by atoms with van der Waals surface area (Å²) >= 11 is 1.41. The van der Waals surface area contributed by atoms with Crippen molar-refractivity contribution < 1.29 is 27.5 Å². The zero-order valence-electron chi connectivity index (χ0n) is 12.9. The lowest BCUT2D eigenvalue weighted by Crippen LogP contribution is -2.17. The van der Waals surface area contributed by atoms with Crippen LogP contribution in [0.1, 0.15) is 18.1 Å². The average Bonchev–Trinajstić information content (AvgIpc) is 3.03. The first-order valence-electron chi connectivity index (χ1n) is 7.05. The van der Waals surface area contributed by atoms with Crippen LogP contribution in [-0.4, -0.2) is 28.5 Å². The van der Waals surface area contributed by atoms with Gasteiger partial charge in [-0.25, -0.2) is 9.97 Å². The smallest absolute Gasteiger partial charge is 0.436 e. The summed E-state index contributed by atoms with van der Waals surface area (Å²) in [5, 5.41) is 4.46. The number of nitrogens with zero attached hydrogens (tertiary/aromatic N) is 3. The molecule has 0 amide bonds. The van der Waals surface area contributed by atoms with Gasteiger partial charge >= 0.3 is 6.36 Å². The zero-order valence-corrected chi connectivity index (χ0v) is 13.7. The molecule has 0 N–H and O–H groups in total. The van der Waals surface area contributed by atoms with E-state index < -0.39 is 12.5 Å². The Kier molecular flexibility index (Phi) is 4.98. The Labute approximate surface area is 145 Å². The van der Waals surface area contributed by atoms with Crippen LogP contribution >= 0.6 is 11.8 Å². The van der Waals surface area contributed by atoms with Crippen molar-refractivity contribution in [2.75, 3.05) is 6.26 Å². The Hall–Kier alpha value is -2.49. The third-order valence-corrected chi connectivity index (χ3v) is 3.73. The lowest BCUT2D eigenvalue weighted by Gasteiger charge is -2.11. The summed E-state index contributed by atoms with van der Waals surface area (Å²) in [6, 6.07) is 5.42. The quantitative estimate of drug-likeness (QED) is 0.599. The van der Waals surface area contributed by atoms with E-state index in [0.717, 1.165) is 0 Å². The maximum Gasteiger partial charge on any atom is 0.573 e. The van der Waals surface area contributed by atoms with E-state index in [1.54, 1.807) is 0 Å². The van der Waals surface area contributed by atoms with Crippen molar-refractivity contribution in [3.05, 3.63) is 42.2 Å². The Morgan fingerprint density at radius 3 is 2.40 bits per heavy atom. The van der Waals surface area contributed by atoms with Gasteiger partial charge in [0.05, 0.1) is 18.8 Å². The van der Waals surface area contributed by atoms with Crippen molar-refractivity contribution in [3.8, 4) is 11.5 Å². The van der Waals surface area contributed by atoms with Crippen LogP contribution < -0.4 is 9.47 Å². The molecule has 0 saturated heterocycles. The lowest BCUT2D eigenvalue weighted by atomic mass is 10.1. The predicted octanol–water partition coefficient (Wildman–Crippen LogP) is 3.95. The summed E-state index contributed by atoms with van der Waals surface area (Å²) in [6.45, 7) is 0. The van der Waals surface area contributed by atoms with Gasteiger partial charge < -0.3 is 14.3 Å². The highest BCUT2D eigenvalue weighted by molar-refractivity contribution is 7.98. The molecular weight excluding hydrogens is 359 g/mol. The molecule has 1 aromatic carbocycles. The summed E-state index contributed by atoms with van der Waals surface area (Å²) < 4.78 is 45.8. The predicted molar refractivity (Wildman–Crippen MR) is 83.4 cm³/mol. The van der Waals surface area contributed by atoms with Crippen molar-refractivity contribution in [1.29, 1.82) is 0 Å². The summed E-state index contributed by atoms with van der Waals surface area (Å²) in [5.74, 6) is 0.466. The third-order valence-electron chi connectivity index (χ3n) is 3.15. The number of ether oxygens (including phenoxy) is 2. The molecule has 132 valence electrons. The fourth-order valence-electron chi connectivity index (χ4n) is 2.08. The molecule has 1 aliphatic heterocycles. The lowest BCUT2D eigenvalue weighted by molar-refractivity contribution is -0.274. The van der Waals surface area contributed by atoms with Crippen molar-refractivity contribution in [2.24, 2.45) is 5.16 Å². The third kappa shape index (κ3) is 4.75. The van der Waals surface area contributed by atoms with Gasteiger partial charge in [-0.1, -0.05) is 29.1 Å². The first-order valence-corrected chi connectivity index (χ1v) is 8.28. The molecule has 10 heteroatoms. The molecule has 1 aromatic heterocycles. The molecule has 0 saturated carbocycles. The van der Waals surface area contributed by atoms with Crippen molar-refractivity contribution in [1.82, 2.24) is 9.97 Å². The van der Waals surface area contributed by atoms with Gasteiger partial charge in [-0.3, -0.25) is 0 Å². The number of benzene rings is 1. The van der Waals surface area contributed by atoms with E-state index in [2.05, 4.69) is 19.9 Å². The topological polar surface area (TPSA) is 65.8 Å². The minimum absolute atomic E-state index is 0.294. The minimum Gasteiger partial charge on any atom is -0.436 e. The van der Waals surface area contributed by atoms with Crippen molar-refractivity contribution in [2.45, 2.75) is 24.0 Å². The average molecular weight is 371 g/mol. The normalized spacial score (nSPS) is 17.0. The Morgan fingerprint density at radius 1 is 1.12 bits per heavy atom. The van der Waals surface area contributed by atoms with Gasteiger partial charge in [0, 0.05) is 0 Å². The number of halogens is 3. The highest BCUT2D eigenvalue weighted by Gasteiger charge is 2.31. The van der Waals surface area contributed by atoms with E-state index in [1.807, 2.05) is 6.26 Å². The molecule has 0 radical (unpaired) electrons. The minimum atomic E-state index is -4.72. The van der Waals surface area contributed by atoms with Crippen molar-refractivity contribution >= 4 is 17.7 Å². The van der Waals surface area contributed by atoms with Crippen LogP contribution in [0.3, 0.4) is 0 Å². The second kappa shape index (κ2) is 7.18. The number of aromatic nitrogens is 2. The van der Waals surface area contributed by atoms with Gasteiger partial charge in [0.2, 0.25) is 5.90 Å². The largest absolute Gasteiger partial charge is 0.573 e. The van der Waals surface area contributed by atoms with Crippen LogP contribution in [0, 0.1) is 0 Å². The number of oxime groups is 1. The Bertz CT molecular complexity index is 751. The number of alkyl halides is 3. The molecule has 0 spiro atoms. The molecular formula is C15H12F3N3O3S. The fourth-order valence-corrected chi connectivity index (χ4v) is 2.39. The van der Waals surface area contributed by atoms with Crippen LogP contribution in [-0.2, 0) is 4.84 Å². The molecule has 2 aromatic rings. The maximum absolute atomic E-state index is 12.2. The number of rotatable bonds is 4. The highest BCUT2D eigenvalue weighted by atomic mass is 32.2. The molecule has 0 aliphatic carbocycles. The summed E-state index contributed by atoms with van der Waals surface area (Å²) in [5.41, 5.74) is 0.658. The maximum atomic E-state index is 12.2. The molecule has 1 atom stereocenters. The molecule has 3 rings (SSSR count). The van der Waals surface area contributed by atoms with Crippen LogP contribution in [0.5, 0.6) is 11.5 Å². The molecule has 0 unspecified atom stereocenters. The van der Waals surface area contributed by atoms with Gasteiger partial charge in [0.25, 0.3) is 0 Å². The number of thioether (sulfide) groups is 1. The standard InChI is InChI=1S/C15H12F3N3O3S/c1-25-14-19-7-11(8-20-14)22-13-6-12(24-21-13)9-2-4-10(5-3-9)23-15(16,17)18/h2-5,7-8,12H,6H2,1H3/t12-/m1/s1. The van der Waals surface area contributed by atoms with Crippen LogP contribution in [0.15, 0.2) is 47.0 Å². The summed E-state index contributed by atoms with van der Waals surface area (Å²) in [7, 11) is 0. The van der Waals surface area contributed by atoms with Gasteiger partial charge in [0.1, 0.15) is 5.75 Å². The molecule has 1 aliphatic rings. The van der Waals surface area contributed by atoms with Crippen LogP contribution in [0.4, 0.5) is 13.2 Å². The summed E-state index contributed by atoms with van der Waals surface area (Å²) in [6.07, 6.45) is 0.0880. The molecule has 6 nitrogen and oxygen atoms in total. The second-order valence-electron chi connectivity index (χ2n) is 4.91. The van der Waals surface area contributed by atoms with E-state index >= 15 is 0 Å². The first-order chi connectivity index (χ1) is 11.9. The highest BCUT2D eigenvalue weighted by Crippen LogP contribution is 2.30. The SMILES string of the molecule is CSc1ncc(OC2=NO[C@@H](c3ccc(OC(F)(F)F)cc3)C2)cn1. The van der Waals surface area contributed by atoms with Crippen LogP contribution in [0.25, 0.3) is 0 Å². The van der Waals surface area contributed by atoms with Gasteiger partial charge in [-0.05, 0) is 24.0 Å². The fraction of sp³-hybridized carbons (Fsp3) is 0.267. The first kappa shape index (κ1) is 17.3. The Balaban J connectivity index is 1.58. The Morgan fingerprint density at radius 2 is 1.80 bits per heavy atom.